The van der Waals surface area contributed by atoms with Crippen molar-refractivity contribution in [2.24, 2.45) is 0 Å². The van der Waals surface area contributed by atoms with E-state index in [9.17, 15) is 18.7 Å². The normalized spacial score (nSPS) is 14.1. The number of amides is 2. The lowest BCUT2D eigenvalue weighted by molar-refractivity contribution is 0.0554. The van der Waals surface area contributed by atoms with E-state index in [-0.39, 0.29) is 18.2 Å². The average Bonchev–Trinajstić information content (AvgIpc) is 3.21. The first-order valence-corrected chi connectivity index (χ1v) is 9.08. The molecule has 8 heteroatoms. The Bertz CT molecular complexity index is 990. The van der Waals surface area contributed by atoms with Crippen LogP contribution in [-0.2, 0) is 5.60 Å². The van der Waals surface area contributed by atoms with Crippen molar-refractivity contribution in [2.45, 2.75) is 25.5 Å². The number of nitrogens with one attached hydrogen (secondary N) is 2. The molecule has 0 saturated heterocycles. The van der Waals surface area contributed by atoms with Gasteiger partial charge in [-0.15, -0.1) is 0 Å². The molecule has 2 aromatic carbocycles. The Labute approximate surface area is 167 Å². The van der Waals surface area contributed by atoms with E-state index in [1.165, 1.54) is 6.92 Å². The molecule has 0 bridgehead atoms. The summed E-state index contributed by atoms with van der Waals surface area (Å²) in [4.78, 5) is 12.3. The maximum Gasteiger partial charge on any atom is 0.315 e. The second-order valence-corrected chi connectivity index (χ2v) is 6.99. The summed E-state index contributed by atoms with van der Waals surface area (Å²) in [7, 11) is 0. The Morgan fingerprint density at radius 1 is 1.24 bits per heavy atom. The highest BCUT2D eigenvalue weighted by Gasteiger charge is 2.27. The van der Waals surface area contributed by atoms with Crippen LogP contribution in [0.3, 0.4) is 0 Å². The van der Waals surface area contributed by atoms with E-state index in [2.05, 4.69) is 15.7 Å². The molecule has 152 valence electrons. The summed E-state index contributed by atoms with van der Waals surface area (Å²) in [6.07, 6.45) is 3.50. The summed E-state index contributed by atoms with van der Waals surface area (Å²) in [5.41, 5.74) is -0.0711. The Balaban J connectivity index is 1.61. The van der Waals surface area contributed by atoms with Crippen molar-refractivity contribution < 1.29 is 18.7 Å². The minimum absolute atomic E-state index is 0.0980. The highest BCUT2D eigenvalue weighted by molar-refractivity contribution is 5.74. The molecular formula is C21H22F2N4O2. The molecule has 1 heterocycles. The highest BCUT2D eigenvalue weighted by Crippen LogP contribution is 2.23. The van der Waals surface area contributed by atoms with E-state index in [1.807, 2.05) is 43.5 Å². The molecule has 0 saturated carbocycles. The van der Waals surface area contributed by atoms with Crippen LogP contribution in [0.1, 0.15) is 31.0 Å². The molecule has 0 spiro atoms. The summed E-state index contributed by atoms with van der Waals surface area (Å²) < 4.78 is 28.7. The third-order valence-corrected chi connectivity index (χ3v) is 4.59. The van der Waals surface area contributed by atoms with E-state index in [1.54, 1.807) is 10.9 Å². The number of rotatable bonds is 6. The zero-order chi connectivity index (χ0) is 21.0. The van der Waals surface area contributed by atoms with Crippen molar-refractivity contribution in [3.8, 4) is 5.69 Å². The second-order valence-electron chi connectivity index (χ2n) is 6.99. The number of hydrogen-bond donors (Lipinski definition) is 3. The number of urea groups is 1. The molecule has 3 N–H and O–H groups in total. The van der Waals surface area contributed by atoms with Crippen LogP contribution in [0.25, 0.3) is 5.69 Å². The number of nitrogens with zero attached hydrogens (tertiary/aromatic N) is 2. The summed E-state index contributed by atoms with van der Waals surface area (Å²) >= 11 is 0. The molecule has 3 aromatic rings. The number of hydrogen-bond acceptors (Lipinski definition) is 3. The van der Waals surface area contributed by atoms with Gasteiger partial charge in [0.15, 0.2) is 0 Å². The van der Waals surface area contributed by atoms with E-state index in [0.29, 0.717) is 6.07 Å². The Hall–Kier alpha value is -3.26. The largest absolute Gasteiger partial charge is 0.383 e. The molecule has 2 unspecified atom stereocenters. The predicted molar refractivity (Wildman–Crippen MR) is 104 cm³/mol. The number of carbonyl (C=O) groups excluding carboxylic acids is 1. The van der Waals surface area contributed by atoms with Gasteiger partial charge in [-0.1, -0.05) is 18.2 Å². The van der Waals surface area contributed by atoms with Gasteiger partial charge in [0.05, 0.1) is 18.3 Å². The van der Waals surface area contributed by atoms with Crippen LogP contribution >= 0.6 is 0 Å². The summed E-state index contributed by atoms with van der Waals surface area (Å²) in [5.74, 6) is -1.61. The molecule has 0 aliphatic carbocycles. The van der Waals surface area contributed by atoms with Gasteiger partial charge in [-0.3, -0.25) is 0 Å². The summed E-state index contributed by atoms with van der Waals surface area (Å²) in [6, 6.07) is 11.4. The van der Waals surface area contributed by atoms with Crippen LogP contribution in [0, 0.1) is 11.6 Å². The molecule has 0 aliphatic rings. The lowest BCUT2D eigenvalue weighted by Gasteiger charge is -2.25. The molecule has 0 fully saturated rings. The summed E-state index contributed by atoms with van der Waals surface area (Å²) in [6.45, 7) is 2.92. The van der Waals surface area contributed by atoms with Crippen molar-refractivity contribution in [3.05, 3.63) is 83.7 Å². The van der Waals surface area contributed by atoms with E-state index in [0.717, 1.165) is 23.4 Å². The van der Waals surface area contributed by atoms with Crippen LogP contribution in [-0.4, -0.2) is 27.5 Å². The maximum absolute atomic E-state index is 13.9. The smallest absolute Gasteiger partial charge is 0.315 e. The number of aromatic nitrogens is 2. The molecule has 1 aromatic heterocycles. The molecular weight excluding hydrogens is 378 g/mol. The van der Waals surface area contributed by atoms with Gasteiger partial charge in [-0.25, -0.2) is 18.3 Å². The van der Waals surface area contributed by atoms with Crippen molar-refractivity contribution >= 4 is 6.03 Å². The minimum atomic E-state index is -1.70. The fourth-order valence-electron chi connectivity index (χ4n) is 2.96. The summed E-state index contributed by atoms with van der Waals surface area (Å²) in [5, 5.41) is 20.0. The SMILES string of the molecule is CC(NC(=O)NCC(C)(O)c1ccc(F)cc1F)c1cccc(-n2cccn2)c1. The Kier molecular flexibility index (Phi) is 5.93. The molecule has 2 atom stereocenters. The topological polar surface area (TPSA) is 79.2 Å². The molecule has 29 heavy (non-hydrogen) atoms. The molecule has 6 nitrogen and oxygen atoms in total. The Morgan fingerprint density at radius 2 is 2.03 bits per heavy atom. The maximum atomic E-state index is 13.9. The van der Waals surface area contributed by atoms with E-state index < -0.39 is 23.3 Å². The number of halogens is 2. The lowest BCUT2D eigenvalue weighted by atomic mass is 9.95. The Morgan fingerprint density at radius 3 is 2.72 bits per heavy atom. The van der Waals surface area contributed by atoms with Gasteiger partial charge in [0.1, 0.15) is 17.2 Å². The monoisotopic (exact) mass is 400 g/mol. The van der Waals surface area contributed by atoms with E-state index >= 15 is 0 Å². The number of carbonyl (C=O) groups is 1. The fraction of sp³-hybridized carbons (Fsp3) is 0.238. The van der Waals surface area contributed by atoms with E-state index in [4.69, 9.17) is 0 Å². The quantitative estimate of drug-likeness (QED) is 0.593. The van der Waals surface area contributed by atoms with Crippen LogP contribution in [0.5, 0.6) is 0 Å². The molecule has 0 aliphatic heterocycles. The average molecular weight is 400 g/mol. The molecule has 0 radical (unpaired) electrons. The minimum Gasteiger partial charge on any atom is -0.383 e. The third-order valence-electron chi connectivity index (χ3n) is 4.59. The fourth-order valence-corrected chi connectivity index (χ4v) is 2.96. The van der Waals surface area contributed by atoms with Crippen LogP contribution in [0.15, 0.2) is 60.9 Å². The first kappa shape index (κ1) is 20.5. The van der Waals surface area contributed by atoms with Crippen LogP contribution in [0.4, 0.5) is 13.6 Å². The van der Waals surface area contributed by atoms with Gasteiger partial charge in [-0.2, -0.15) is 5.10 Å². The predicted octanol–water partition coefficient (Wildman–Crippen LogP) is 3.42. The zero-order valence-corrected chi connectivity index (χ0v) is 16.1. The first-order valence-electron chi connectivity index (χ1n) is 9.08. The second kappa shape index (κ2) is 8.40. The number of aliphatic hydroxyl groups is 1. The van der Waals surface area contributed by atoms with Gasteiger partial charge in [0.2, 0.25) is 0 Å². The standard InChI is InChI=1S/C21H22F2N4O2/c1-14(15-5-3-6-17(11-15)27-10-4-9-25-27)26-20(28)24-13-21(2,29)18-8-7-16(22)12-19(18)23/h3-12,14,29H,13H2,1-2H3,(H2,24,26,28). The third kappa shape index (κ3) is 4.97. The van der Waals surface area contributed by atoms with Gasteiger partial charge < -0.3 is 15.7 Å². The lowest BCUT2D eigenvalue weighted by Crippen LogP contribution is -2.44. The van der Waals surface area contributed by atoms with Crippen molar-refractivity contribution in [3.63, 3.8) is 0 Å². The van der Waals surface area contributed by atoms with Gasteiger partial charge in [0.25, 0.3) is 0 Å². The van der Waals surface area contributed by atoms with Gasteiger partial charge >= 0.3 is 6.03 Å². The number of benzene rings is 2. The highest BCUT2D eigenvalue weighted by atomic mass is 19.1. The van der Waals surface area contributed by atoms with Crippen molar-refractivity contribution in [2.75, 3.05) is 6.54 Å². The molecule has 2 amide bonds. The van der Waals surface area contributed by atoms with Crippen LogP contribution < -0.4 is 10.6 Å². The van der Waals surface area contributed by atoms with Crippen LogP contribution in [0.2, 0.25) is 0 Å². The van der Waals surface area contributed by atoms with Gasteiger partial charge in [-0.05, 0) is 43.7 Å². The first-order chi connectivity index (χ1) is 13.8. The van der Waals surface area contributed by atoms with Crippen molar-refractivity contribution in [1.29, 1.82) is 0 Å². The molecule has 3 rings (SSSR count). The van der Waals surface area contributed by atoms with Gasteiger partial charge in [0, 0.05) is 24.0 Å². The zero-order valence-electron chi connectivity index (χ0n) is 16.1. The van der Waals surface area contributed by atoms with Crippen molar-refractivity contribution in [1.82, 2.24) is 20.4 Å².